The number of amides is 1. The molecule has 1 saturated heterocycles. The van der Waals surface area contributed by atoms with Crippen molar-refractivity contribution in [1.82, 2.24) is 15.5 Å². The third-order valence-corrected chi connectivity index (χ3v) is 4.23. The molecule has 104 valence electrons. The fraction of sp³-hybridized carbons (Fsp3) is 0.929. The van der Waals surface area contributed by atoms with Crippen LogP contribution in [0.3, 0.4) is 0 Å². The lowest BCUT2D eigenvalue weighted by molar-refractivity contribution is -0.128. The zero-order valence-corrected chi connectivity index (χ0v) is 11.6. The summed E-state index contributed by atoms with van der Waals surface area (Å²) < 4.78 is 0. The average molecular weight is 253 g/mol. The highest BCUT2D eigenvalue weighted by Gasteiger charge is 2.33. The van der Waals surface area contributed by atoms with Crippen LogP contribution in [-0.2, 0) is 4.79 Å². The van der Waals surface area contributed by atoms with Gasteiger partial charge in [-0.3, -0.25) is 9.69 Å². The number of rotatable bonds is 3. The Kier molecular flexibility index (Phi) is 5.45. The predicted octanol–water partition coefficient (Wildman–Crippen LogP) is 1.12. The molecule has 0 spiro atoms. The van der Waals surface area contributed by atoms with Crippen molar-refractivity contribution in [2.75, 3.05) is 26.2 Å². The molecule has 0 aromatic carbocycles. The summed E-state index contributed by atoms with van der Waals surface area (Å²) in [5.41, 5.74) is 0. The fourth-order valence-corrected chi connectivity index (χ4v) is 3.28. The van der Waals surface area contributed by atoms with E-state index in [1.807, 2.05) is 6.92 Å². The van der Waals surface area contributed by atoms with Crippen LogP contribution in [0.15, 0.2) is 0 Å². The molecular formula is C14H27N3O. The lowest BCUT2D eigenvalue weighted by Gasteiger charge is -2.40. The number of carbonyl (C=O) groups is 1. The van der Waals surface area contributed by atoms with E-state index in [0.717, 1.165) is 26.2 Å². The van der Waals surface area contributed by atoms with Crippen LogP contribution in [0.2, 0.25) is 0 Å². The molecule has 0 aromatic heterocycles. The Morgan fingerprint density at radius 3 is 2.67 bits per heavy atom. The second-order valence-corrected chi connectivity index (χ2v) is 5.50. The highest BCUT2D eigenvalue weighted by atomic mass is 16.2. The maximum Gasteiger partial charge on any atom is 0.238 e. The van der Waals surface area contributed by atoms with E-state index >= 15 is 0 Å². The molecule has 0 bridgehead atoms. The van der Waals surface area contributed by atoms with Crippen LogP contribution < -0.4 is 10.6 Å². The molecule has 1 amide bonds. The SMILES string of the molecule is CCNC(=O)C1CNCCN1C1CCCCCC1. The van der Waals surface area contributed by atoms with Crippen molar-refractivity contribution in [3.05, 3.63) is 0 Å². The molecule has 1 heterocycles. The normalized spacial score (nSPS) is 27.7. The van der Waals surface area contributed by atoms with Gasteiger partial charge in [-0.2, -0.15) is 0 Å². The minimum atomic E-state index is 0.0433. The van der Waals surface area contributed by atoms with E-state index in [-0.39, 0.29) is 11.9 Å². The number of carbonyl (C=O) groups excluding carboxylic acids is 1. The third-order valence-electron chi connectivity index (χ3n) is 4.23. The molecule has 0 aromatic rings. The molecule has 1 saturated carbocycles. The predicted molar refractivity (Wildman–Crippen MR) is 73.5 cm³/mol. The maximum atomic E-state index is 12.1. The van der Waals surface area contributed by atoms with Crippen molar-refractivity contribution in [3.63, 3.8) is 0 Å². The van der Waals surface area contributed by atoms with Crippen LogP contribution in [-0.4, -0.2) is 49.1 Å². The van der Waals surface area contributed by atoms with Gasteiger partial charge in [0.05, 0.1) is 0 Å². The van der Waals surface area contributed by atoms with Crippen LogP contribution in [0.5, 0.6) is 0 Å². The largest absolute Gasteiger partial charge is 0.355 e. The highest BCUT2D eigenvalue weighted by molar-refractivity contribution is 5.82. The average Bonchev–Trinajstić information content (AvgIpc) is 2.68. The molecule has 1 atom stereocenters. The zero-order chi connectivity index (χ0) is 12.8. The van der Waals surface area contributed by atoms with Crippen LogP contribution in [0, 0.1) is 0 Å². The quantitative estimate of drug-likeness (QED) is 0.741. The molecule has 2 aliphatic rings. The molecule has 1 unspecified atom stereocenters. The highest BCUT2D eigenvalue weighted by Crippen LogP contribution is 2.24. The van der Waals surface area contributed by atoms with E-state index in [4.69, 9.17) is 0 Å². The van der Waals surface area contributed by atoms with Crippen molar-refractivity contribution in [3.8, 4) is 0 Å². The number of hydrogen-bond acceptors (Lipinski definition) is 3. The number of piperazine rings is 1. The minimum absolute atomic E-state index is 0.0433. The van der Waals surface area contributed by atoms with Gasteiger partial charge >= 0.3 is 0 Å². The molecule has 2 rings (SSSR count). The van der Waals surface area contributed by atoms with Crippen LogP contribution in [0.1, 0.15) is 45.4 Å². The smallest absolute Gasteiger partial charge is 0.238 e. The lowest BCUT2D eigenvalue weighted by Crippen LogP contribution is -2.60. The zero-order valence-electron chi connectivity index (χ0n) is 11.6. The minimum Gasteiger partial charge on any atom is -0.355 e. The van der Waals surface area contributed by atoms with E-state index < -0.39 is 0 Å². The number of hydrogen-bond donors (Lipinski definition) is 2. The van der Waals surface area contributed by atoms with Gasteiger partial charge in [-0.05, 0) is 19.8 Å². The Labute approximate surface area is 110 Å². The van der Waals surface area contributed by atoms with Crippen molar-refractivity contribution in [1.29, 1.82) is 0 Å². The number of nitrogens with one attached hydrogen (secondary N) is 2. The lowest BCUT2D eigenvalue weighted by atomic mass is 10.0. The summed E-state index contributed by atoms with van der Waals surface area (Å²) in [6, 6.07) is 0.670. The van der Waals surface area contributed by atoms with E-state index in [1.54, 1.807) is 0 Å². The van der Waals surface area contributed by atoms with Crippen LogP contribution >= 0.6 is 0 Å². The first kappa shape index (κ1) is 13.8. The van der Waals surface area contributed by atoms with Gasteiger partial charge in [-0.15, -0.1) is 0 Å². The Balaban J connectivity index is 1.99. The van der Waals surface area contributed by atoms with Gasteiger partial charge in [-0.25, -0.2) is 0 Å². The van der Waals surface area contributed by atoms with E-state index in [0.29, 0.717) is 6.04 Å². The van der Waals surface area contributed by atoms with Gasteiger partial charge in [0.15, 0.2) is 0 Å². The summed E-state index contributed by atoms with van der Waals surface area (Å²) in [7, 11) is 0. The summed E-state index contributed by atoms with van der Waals surface area (Å²) in [6.07, 6.45) is 7.95. The first-order valence-corrected chi connectivity index (χ1v) is 7.57. The Hall–Kier alpha value is -0.610. The first-order chi connectivity index (χ1) is 8.83. The molecule has 4 heteroatoms. The summed E-state index contributed by atoms with van der Waals surface area (Å²) in [5.74, 6) is 0.203. The molecule has 2 fully saturated rings. The Bertz CT molecular complexity index is 262. The van der Waals surface area contributed by atoms with Crippen molar-refractivity contribution < 1.29 is 4.79 Å². The van der Waals surface area contributed by atoms with E-state index in [1.165, 1.54) is 38.5 Å². The van der Waals surface area contributed by atoms with Crippen molar-refractivity contribution >= 4 is 5.91 Å². The van der Waals surface area contributed by atoms with E-state index in [2.05, 4.69) is 15.5 Å². The summed E-state index contributed by atoms with van der Waals surface area (Å²) in [6.45, 7) is 5.57. The Morgan fingerprint density at radius 2 is 2.00 bits per heavy atom. The summed E-state index contributed by atoms with van der Waals surface area (Å²) in [4.78, 5) is 14.6. The van der Waals surface area contributed by atoms with Crippen LogP contribution in [0.4, 0.5) is 0 Å². The third kappa shape index (κ3) is 3.45. The standard InChI is InChI=1S/C14H27N3O/c1-2-16-14(18)13-11-15-9-10-17(13)12-7-5-3-4-6-8-12/h12-13,15H,2-11H2,1H3,(H,16,18). The topological polar surface area (TPSA) is 44.4 Å². The van der Waals surface area contributed by atoms with Crippen molar-refractivity contribution in [2.45, 2.75) is 57.5 Å². The summed E-state index contributed by atoms with van der Waals surface area (Å²) >= 11 is 0. The summed E-state index contributed by atoms with van der Waals surface area (Å²) in [5, 5.41) is 6.34. The van der Waals surface area contributed by atoms with Gasteiger partial charge in [0.25, 0.3) is 0 Å². The first-order valence-electron chi connectivity index (χ1n) is 7.57. The molecule has 4 nitrogen and oxygen atoms in total. The Morgan fingerprint density at radius 1 is 1.28 bits per heavy atom. The number of likely N-dealkylation sites (N-methyl/N-ethyl adjacent to an activating group) is 1. The monoisotopic (exact) mass is 253 g/mol. The van der Waals surface area contributed by atoms with Gasteiger partial charge in [0, 0.05) is 32.2 Å². The molecule has 2 N–H and O–H groups in total. The van der Waals surface area contributed by atoms with Crippen molar-refractivity contribution in [2.24, 2.45) is 0 Å². The fourth-order valence-electron chi connectivity index (χ4n) is 3.28. The molecule has 1 aliphatic carbocycles. The molecule has 1 aliphatic heterocycles. The molecular weight excluding hydrogens is 226 g/mol. The van der Waals surface area contributed by atoms with Gasteiger partial charge < -0.3 is 10.6 Å². The van der Waals surface area contributed by atoms with Gasteiger partial charge in [-0.1, -0.05) is 25.7 Å². The molecule has 18 heavy (non-hydrogen) atoms. The van der Waals surface area contributed by atoms with E-state index in [9.17, 15) is 4.79 Å². The van der Waals surface area contributed by atoms with Gasteiger partial charge in [0.1, 0.15) is 6.04 Å². The maximum absolute atomic E-state index is 12.1. The van der Waals surface area contributed by atoms with Crippen LogP contribution in [0.25, 0.3) is 0 Å². The second-order valence-electron chi connectivity index (χ2n) is 5.50. The van der Waals surface area contributed by atoms with Gasteiger partial charge in [0.2, 0.25) is 5.91 Å². The second kappa shape index (κ2) is 7.10. The molecule has 0 radical (unpaired) electrons. The number of nitrogens with zero attached hydrogens (tertiary/aromatic N) is 1.